The van der Waals surface area contributed by atoms with Gasteiger partial charge in [0, 0.05) is 19.0 Å². The maximum absolute atomic E-state index is 12.1. The predicted octanol–water partition coefficient (Wildman–Crippen LogP) is 0.506. The maximum Gasteiger partial charge on any atom is 0.329 e. The van der Waals surface area contributed by atoms with Gasteiger partial charge in [-0.1, -0.05) is 30.3 Å². The molecule has 1 aromatic carbocycles. The standard InChI is InChI=1S/C15H13N3O3/c1-18-14(20)11-8-10(7-9-5-3-2-4-6-9)13(19)16-12(11)17-15(18)21/h2-6,8H,7H2,1H3,(H2,16,17,19,21). The van der Waals surface area contributed by atoms with Crippen LogP contribution >= 0.6 is 0 Å². The molecule has 0 aliphatic rings. The molecule has 6 nitrogen and oxygen atoms in total. The number of H-pyrrole nitrogens is 2. The summed E-state index contributed by atoms with van der Waals surface area (Å²) in [7, 11) is 1.39. The number of aromatic nitrogens is 3. The van der Waals surface area contributed by atoms with Gasteiger partial charge in [0.25, 0.3) is 11.1 Å². The molecule has 6 heteroatoms. The number of benzene rings is 1. The molecule has 3 rings (SSSR count). The highest BCUT2D eigenvalue weighted by Gasteiger charge is 2.09. The zero-order valence-electron chi connectivity index (χ0n) is 11.3. The van der Waals surface area contributed by atoms with Crippen LogP contribution in [0.25, 0.3) is 11.0 Å². The van der Waals surface area contributed by atoms with E-state index in [0.717, 1.165) is 10.1 Å². The van der Waals surface area contributed by atoms with Crippen LogP contribution in [-0.4, -0.2) is 14.5 Å². The molecule has 3 aromatic rings. The van der Waals surface area contributed by atoms with Crippen LogP contribution in [0.2, 0.25) is 0 Å². The molecule has 2 heterocycles. The van der Waals surface area contributed by atoms with E-state index in [1.165, 1.54) is 7.05 Å². The Balaban J connectivity index is 2.22. The molecule has 106 valence electrons. The first-order chi connectivity index (χ1) is 10.1. The van der Waals surface area contributed by atoms with Crippen LogP contribution in [-0.2, 0) is 13.5 Å². The normalized spacial score (nSPS) is 10.9. The van der Waals surface area contributed by atoms with Gasteiger partial charge in [0.1, 0.15) is 5.65 Å². The first kappa shape index (κ1) is 13.1. The zero-order chi connectivity index (χ0) is 15.0. The molecule has 0 aliphatic heterocycles. The fraction of sp³-hybridized carbons (Fsp3) is 0.133. The highest BCUT2D eigenvalue weighted by Crippen LogP contribution is 2.08. The number of rotatable bonds is 2. The monoisotopic (exact) mass is 283 g/mol. The van der Waals surface area contributed by atoms with Gasteiger partial charge in [-0.05, 0) is 11.6 Å². The third-order valence-electron chi connectivity index (χ3n) is 3.43. The molecule has 21 heavy (non-hydrogen) atoms. The molecule has 0 saturated heterocycles. The van der Waals surface area contributed by atoms with E-state index >= 15 is 0 Å². The summed E-state index contributed by atoms with van der Waals surface area (Å²) < 4.78 is 0.979. The zero-order valence-corrected chi connectivity index (χ0v) is 11.3. The lowest BCUT2D eigenvalue weighted by Crippen LogP contribution is -2.33. The van der Waals surface area contributed by atoms with Crippen molar-refractivity contribution < 1.29 is 0 Å². The van der Waals surface area contributed by atoms with E-state index < -0.39 is 11.2 Å². The second-order valence-electron chi connectivity index (χ2n) is 4.87. The molecule has 2 N–H and O–H groups in total. The van der Waals surface area contributed by atoms with Gasteiger partial charge in [0.15, 0.2) is 0 Å². The third kappa shape index (κ3) is 2.31. The van der Waals surface area contributed by atoms with Gasteiger partial charge < -0.3 is 4.98 Å². The average Bonchev–Trinajstić information content (AvgIpc) is 2.48. The average molecular weight is 283 g/mol. The summed E-state index contributed by atoms with van der Waals surface area (Å²) in [4.78, 5) is 40.7. The number of hydrogen-bond donors (Lipinski definition) is 2. The van der Waals surface area contributed by atoms with E-state index in [0.29, 0.717) is 17.4 Å². The second kappa shape index (κ2) is 4.90. The smallest absolute Gasteiger partial charge is 0.308 e. The van der Waals surface area contributed by atoms with Crippen molar-refractivity contribution in [2.45, 2.75) is 6.42 Å². The van der Waals surface area contributed by atoms with Gasteiger partial charge in [0.05, 0.1) is 5.39 Å². The molecule has 0 atom stereocenters. The van der Waals surface area contributed by atoms with Crippen molar-refractivity contribution in [2.75, 3.05) is 0 Å². The number of fused-ring (bicyclic) bond motifs is 1. The largest absolute Gasteiger partial charge is 0.329 e. The third-order valence-corrected chi connectivity index (χ3v) is 3.43. The van der Waals surface area contributed by atoms with Crippen molar-refractivity contribution in [3.05, 3.63) is 78.7 Å². The van der Waals surface area contributed by atoms with Crippen LogP contribution in [0.1, 0.15) is 11.1 Å². The van der Waals surface area contributed by atoms with Crippen molar-refractivity contribution >= 4 is 11.0 Å². The number of pyridine rings is 1. The first-order valence-corrected chi connectivity index (χ1v) is 6.45. The van der Waals surface area contributed by atoms with Crippen molar-refractivity contribution in [3.8, 4) is 0 Å². The molecular formula is C15H13N3O3. The second-order valence-corrected chi connectivity index (χ2v) is 4.87. The lowest BCUT2D eigenvalue weighted by molar-refractivity contribution is 0.789. The summed E-state index contributed by atoms with van der Waals surface area (Å²) in [5, 5.41) is 0.294. The van der Waals surface area contributed by atoms with Crippen molar-refractivity contribution in [2.24, 2.45) is 7.05 Å². The molecule has 0 bridgehead atoms. The predicted molar refractivity (Wildman–Crippen MR) is 79.7 cm³/mol. The molecule has 0 aliphatic carbocycles. The molecule has 0 unspecified atom stereocenters. The number of hydrogen-bond acceptors (Lipinski definition) is 3. The highest BCUT2D eigenvalue weighted by molar-refractivity contribution is 5.73. The van der Waals surface area contributed by atoms with Crippen molar-refractivity contribution in [1.82, 2.24) is 14.5 Å². The summed E-state index contributed by atoms with van der Waals surface area (Å²) in [5.41, 5.74) is 0.319. The molecule has 0 spiro atoms. The van der Waals surface area contributed by atoms with E-state index in [2.05, 4.69) is 9.97 Å². The molecule has 0 fully saturated rings. The van der Waals surface area contributed by atoms with E-state index in [-0.39, 0.29) is 11.2 Å². The van der Waals surface area contributed by atoms with Gasteiger partial charge in [-0.25, -0.2) is 4.79 Å². The van der Waals surface area contributed by atoms with Crippen LogP contribution in [0.5, 0.6) is 0 Å². The summed E-state index contributed by atoms with van der Waals surface area (Å²) in [6, 6.07) is 11.0. The van der Waals surface area contributed by atoms with Gasteiger partial charge in [0.2, 0.25) is 0 Å². The minimum atomic E-state index is -0.557. The maximum atomic E-state index is 12.1. The number of aromatic amines is 2. The Morgan fingerprint density at radius 1 is 1.05 bits per heavy atom. The quantitative estimate of drug-likeness (QED) is 0.718. The summed E-state index contributed by atoms with van der Waals surface area (Å²) in [6.45, 7) is 0. The first-order valence-electron chi connectivity index (χ1n) is 6.45. The Morgan fingerprint density at radius 2 is 1.76 bits per heavy atom. The lowest BCUT2D eigenvalue weighted by atomic mass is 10.1. The van der Waals surface area contributed by atoms with Gasteiger partial charge >= 0.3 is 5.69 Å². The van der Waals surface area contributed by atoms with Gasteiger partial charge in [-0.3, -0.25) is 19.1 Å². The number of nitrogens with zero attached hydrogens (tertiary/aromatic N) is 1. The Bertz CT molecular complexity index is 981. The van der Waals surface area contributed by atoms with E-state index in [9.17, 15) is 14.4 Å². The minimum absolute atomic E-state index is 0.157. The summed E-state index contributed by atoms with van der Waals surface area (Å²) >= 11 is 0. The van der Waals surface area contributed by atoms with Crippen LogP contribution in [0.4, 0.5) is 0 Å². The molecule has 0 radical (unpaired) electrons. The number of nitrogens with one attached hydrogen (secondary N) is 2. The topological polar surface area (TPSA) is 87.7 Å². The summed E-state index contributed by atoms with van der Waals surface area (Å²) in [5.74, 6) is 0. The van der Waals surface area contributed by atoms with Crippen LogP contribution in [0.3, 0.4) is 0 Å². The molecular weight excluding hydrogens is 270 g/mol. The Kier molecular flexibility index (Phi) is 3.06. The summed E-state index contributed by atoms with van der Waals surface area (Å²) in [6.07, 6.45) is 0.425. The Morgan fingerprint density at radius 3 is 2.48 bits per heavy atom. The Hall–Kier alpha value is -2.89. The fourth-order valence-electron chi connectivity index (χ4n) is 2.25. The minimum Gasteiger partial charge on any atom is -0.308 e. The van der Waals surface area contributed by atoms with Crippen LogP contribution < -0.4 is 16.8 Å². The van der Waals surface area contributed by atoms with E-state index in [1.807, 2.05) is 30.3 Å². The molecule has 2 aromatic heterocycles. The Labute approximate surface area is 118 Å². The van der Waals surface area contributed by atoms with Crippen LogP contribution in [0.15, 0.2) is 50.8 Å². The molecule has 0 saturated carbocycles. The van der Waals surface area contributed by atoms with E-state index in [4.69, 9.17) is 0 Å². The van der Waals surface area contributed by atoms with Crippen LogP contribution in [0, 0.1) is 0 Å². The van der Waals surface area contributed by atoms with Crippen molar-refractivity contribution in [1.29, 1.82) is 0 Å². The highest BCUT2D eigenvalue weighted by atomic mass is 16.2. The molecule has 0 amide bonds. The van der Waals surface area contributed by atoms with Gasteiger partial charge in [-0.2, -0.15) is 0 Å². The SMILES string of the molecule is Cn1c(=O)[nH]c2[nH]c(=O)c(Cc3ccccc3)cc2c1=O. The van der Waals surface area contributed by atoms with Crippen molar-refractivity contribution in [3.63, 3.8) is 0 Å². The van der Waals surface area contributed by atoms with E-state index in [1.54, 1.807) is 6.07 Å². The lowest BCUT2D eigenvalue weighted by Gasteiger charge is -2.04. The van der Waals surface area contributed by atoms with Gasteiger partial charge in [-0.15, -0.1) is 0 Å². The fourth-order valence-corrected chi connectivity index (χ4v) is 2.25.